The van der Waals surface area contributed by atoms with Crippen LogP contribution in [0.5, 0.6) is 0 Å². The summed E-state index contributed by atoms with van der Waals surface area (Å²) in [6.45, 7) is 6.42. The van der Waals surface area contributed by atoms with Crippen molar-refractivity contribution in [2.75, 3.05) is 5.73 Å². The van der Waals surface area contributed by atoms with E-state index in [9.17, 15) is 8.42 Å². The van der Waals surface area contributed by atoms with Crippen LogP contribution >= 0.6 is 11.8 Å². The van der Waals surface area contributed by atoms with Gasteiger partial charge in [-0.2, -0.15) is 8.42 Å². The third-order valence-corrected chi connectivity index (χ3v) is 5.16. The summed E-state index contributed by atoms with van der Waals surface area (Å²) in [5, 5.41) is 0. The lowest BCUT2D eigenvalue weighted by molar-refractivity contribution is 0.483. The minimum absolute atomic E-state index is 0.0765. The van der Waals surface area contributed by atoms with E-state index in [1.165, 1.54) is 35.5 Å². The van der Waals surface area contributed by atoms with Crippen LogP contribution in [-0.4, -0.2) is 13.0 Å². The number of nitrogen functional groups attached to an aromatic ring is 1. The van der Waals surface area contributed by atoms with E-state index < -0.39 is 10.1 Å². The summed E-state index contributed by atoms with van der Waals surface area (Å²) < 4.78 is 31.5. The van der Waals surface area contributed by atoms with Crippen LogP contribution in [0, 0.1) is 0 Å². The van der Waals surface area contributed by atoms with Crippen molar-refractivity contribution < 1.29 is 13.0 Å². The lowest BCUT2D eigenvalue weighted by atomic mass is 9.87. The van der Waals surface area contributed by atoms with Crippen molar-refractivity contribution in [2.24, 2.45) is 0 Å². The number of hydrogen-bond donors (Lipinski definition) is 2. The standard InChI is InChI=1S/C16H19NO3S2/c1-16(2,3)11-4-6-12(7-5-11)21-15-10-13(22(18,19)20)8-9-14(15)17/h4-10H,17H2,1-3H3,(H,18,19,20). The molecular formula is C16H19NO3S2. The zero-order valence-corrected chi connectivity index (χ0v) is 14.3. The first-order valence-corrected chi connectivity index (χ1v) is 8.98. The number of hydrogen-bond acceptors (Lipinski definition) is 4. The number of nitrogens with two attached hydrogens (primary N) is 1. The smallest absolute Gasteiger partial charge is 0.294 e. The Kier molecular flexibility index (Phi) is 4.56. The largest absolute Gasteiger partial charge is 0.398 e. The van der Waals surface area contributed by atoms with Gasteiger partial charge >= 0.3 is 0 Å². The first kappa shape index (κ1) is 16.9. The van der Waals surface area contributed by atoms with Crippen LogP contribution in [0.15, 0.2) is 57.2 Å². The Morgan fingerprint density at radius 1 is 1.05 bits per heavy atom. The molecule has 0 spiro atoms. The van der Waals surface area contributed by atoms with Gasteiger partial charge in [-0.3, -0.25) is 4.55 Å². The molecule has 0 aliphatic rings. The molecule has 0 radical (unpaired) electrons. The summed E-state index contributed by atoms with van der Waals surface area (Å²) >= 11 is 1.36. The van der Waals surface area contributed by atoms with Gasteiger partial charge in [0.25, 0.3) is 10.1 Å². The van der Waals surface area contributed by atoms with E-state index in [1.807, 2.05) is 24.3 Å². The normalized spacial score (nSPS) is 12.4. The zero-order valence-electron chi connectivity index (χ0n) is 12.7. The Labute approximate surface area is 135 Å². The van der Waals surface area contributed by atoms with Gasteiger partial charge in [0.05, 0.1) is 4.90 Å². The van der Waals surface area contributed by atoms with E-state index in [4.69, 9.17) is 10.3 Å². The summed E-state index contributed by atoms with van der Waals surface area (Å²) in [4.78, 5) is 1.39. The highest BCUT2D eigenvalue weighted by molar-refractivity contribution is 7.99. The van der Waals surface area contributed by atoms with Crippen LogP contribution in [0.25, 0.3) is 0 Å². The van der Waals surface area contributed by atoms with Crippen LogP contribution in [0.2, 0.25) is 0 Å². The van der Waals surface area contributed by atoms with Crippen molar-refractivity contribution in [1.82, 2.24) is 0 Å². The van der Waals surface area contributed by atoms with E-state index in [0.717, 1.165) is 4.90 Å². The summed E-state index contributed by atoms with van der Waals surface area (Å²) in [6.07, 6.45) is 0. The van der Waals surface area contributed by atoms with Gasteiger partial charge in [-0.25, -0.2) is 0 Å². The summed E-state index contributed by atoms with van der Waals surface area (Å²) in [6, 6.07) is 12.2. The van der Waals surface area contributed by atoms with E-state index in [1.54, 1.807) is 0 Å². The van der Waals surface area contributed by atoms with E-state index >= 15 is 0 Å². The number of benzene rings is 2. The molecule has 0 atom stereocenters. The second-order valence-electron chi connectivity index (χ2n) is 6.05. The van der Waals surface area contributed by atoms with Gasteiger partial charge in [0.2, 0.25) is 0 Å². The molecule has 0 saturated heterocycles. The number of anilines is 1. The van der Waals surface area contributed by atoms with Gasteiger partial charge in [-0.05, 0) is 41.3 Å². The molecule has 4 nitrogen and oxygen atoms in total. The van der Waals surface area contributed by atoms with E-state index in [2.05, 4.69) is 20.8 Å². The molecule has 0 aromatic heterocycles. The lowest BCUT2D eigenvalue weighted by Gasteiger charge is -2.19. The first-order chi connectivity index (χ1) is 10.1. The SMILES string of the molecule is CC(C)(C)c1ccc(Sc2cc(S(=O)(=O)O)ccc2N)cc1. The van der Waals surface area contributed by atoms with Crippen molar-refractivity contribution >= 4 is 27.6 Å². The molecule has 3 N–H and O–H groups in total. The average Bonchev–Trinajstić information content (AvgIpc) is 2.39. The Morgan fingerprint density at radius 2 is 1.64 bits per heavy atom. The molecule has 0 aliphatic carbocycles. The zero-order chi connectivity index (χ0) is 16.5. The van der Waals surface area contributed by atoms with Gasteiger partial charge in [0.15, 0.2) is 0 Å². The van der Waals surface area contributed by atoms with E-state index in [0.29, 0.717) is 10.6 Å². The fourth-order valence-corrected chi connectivity index (χ4v) is 3.39. The monoisotopic (exact) mass is 337 g/mol. The highest BCUT2D eigenvalue weighted by Crippen LogP contribution is 2.34. The number of rotatable bonds is 3. The van der Waals surface area contributed by atoms with Crippen molar-refractivity contribution in [3.63, 3.8) is 0 Å². The molecule has 0 amide bonds. The molecule has 6 heteroatoms. The summed E-state index contributed by atoms with van der Waals surface area (Å²) in [5.41, 5.74) is 7.65. The molecule has 22 heavy (non-hydrogen) atoms. The maximum Gasteiger partial charge on any atom is 0.294 e. The van der Waals surface area contributed by atoms with Crippen LogP contribution in [-0.2, 0) is 15.5 Å². The Morgan fingerprint density at radius 3 is 2.14 bits per heavy atom. The highest BCUT2D eigenvalue weighted by atomic mass is 32.2. The van der Waals surface area contributed by atoms with Crippen LogP contribution < -0.4 is 5.73 Å². The van der Waals surface area contributed by atoms with Crippen LogP contribution in [0.4, 0.5) is 5.69 Å². The topological polar surface area (TPSA) is 80.4 Å². The van der Waals surface area contributed by atoms with Gasteiger partial charge in [0, 0.05) is 15.5 Å². The first-order valence-electron chi connectivity index (χ1n) is 6.73. The Balaban J connectivity index is 2.31. The fraction of sp³-hybridized carbons (Fsp3) is 0.250. The fourth-order valence-electron chi connectivity index (χ4n) is 1.91. The molecule has 0 bridgehead atoms. The van der Waals surface area contributed by atoms with Crippen molar-refractivity contribution in [3.8, 4) is 0 Å². The highest BCUT2D eigenvalue weighted by Gasteiger charge is 2.15. The van der Waals surface area contributed by atoms with E-state index in [-0.39, 0.29) is 10.3 Å². The minimum Gasteiger partial charge on any atom is -0.398 e. The van der Waals surface area contributed by atoms with Crippen molar-refractivity contribution in [2.45, 2.75) is 40.9 Å². The molecule has 118 valence electrons. The second kappa shape index (κ2) is 5.95. The summed E-state index contributed by atoms with van der Waals surface area (Å²) in [5.74, 6) is 0. The average molecular weight is 337 g/mol. The third-order valence-electron chi connectivity index (χ3n) is 3.23. The molecule has 2 rings (SSSR count). The van der Waals surface area contributed by atoms with Gasteiger partial charge in [0.1, 0.15) is 0 Å². The minimum atomic E-state index is -4.23. The van der Waals surface area contributed by atoms with Crippen molar-refractivity contribution in [1.29, 1.82) is 0 Å². The Hall–Kier alpha value is -1.50. The molecule has 0 fully saturated rings. The lowest BCUT2D eigenvalue weighted by Crippen LogP contribution is -2.10. The predicted octanol–water partition coefficient (Wildman–Crippen LogP) is 3.96. The quantitative estimate of drug-likeness (QED) is 0.654. The Bertz CT molecular complexity index is 776. The molecule has 0 aliphatic heterocycles. The molecular weight excluding hydrogens is 318 g/mol. The van der Waals surface area contributed by atoms with Crippen LogP contribution in [0.1, 0.15) is 26.3 Å². The molecule has 2 aromatic rings. The summed E-state index contributed by atoms with van der Waals surface area (Å²) in [7, 11) is -4.23. The predicted molar refractivity (Wildman–Crippen MR) is 89.9 cm³/mol. The maximum atomic E-state index is 11.2. The van der Waals surface area contributed by atoms with Gasteiger partial charge in [-0.1, -0.05) is 44.7 Å². The molecule has 2 aromatic carbocycles. The van der Waals surface area contributed by atoms with Gasteiger partial charge in [-0.15, -0.1) is 0 Å². The van der Waals surface area contributed by atoms with Crippen LogP contribution in [0.3, 0.4) is 0 Å². The third kappa shape index (κ3) is 4.03. The second-order valence-corrected chi connectivity index (χ2v) is 8.59. The molecule has 0 unspecified atom stereocenters. The maximum absolute atomic E-state index is 11.2. The van der Waals surface area contributed by atoms with Crippen molar-refractivity contribution in [3.05, 3.63) is 48.0 Å². The molecule has 0 heterocycles. The molecule has 0 saturated carbocycles. The van der Waals surface area contributed by atoms with Gasteiger partial charge < -0.3 is 5.73 Å².